The van der Waals surface area contributed by atoms with Crippen molar-refractivity contribution in [2.45, 2.75) is 0 Å². The zero-order valence-corrected chi connectivity index (χ0v) is 6.02. The maximum Gasteiger partial charge on any atom is 0.219 e. The molecule has 54 valence electrons. The second kappa shape index (κ2) is 2.14. The summed E-state index contributed by atoms with van der Waals surface area (Å²) in [4.78, 5) is 0. The Kier molecular flexibility index (Phi) is 1.28. The monoisotopic (exact) mass is 158 g/mol. The van der Waals surface area contributed by atoms with Gasteiger partial charge in [-0.05, 0) is 10.8 Å². The van der Waals surface area contributed by atoms with Crippen molar-refractivity contribution < 1.29 is 14.0 Å². The molecular weight excluding hydrogens is 152 g/mol. The molecule has 0 aliphatic carbocycles. The van der Waals surface area contributed by atoms with Crippen molar-refractivity contribution in [3.63, 3.8) is 0 Å². The normalized spacial score (nSPS) is 15.3. The molecule has 0 fully saturated rings. The van der Waals surface area contributed by atoms with E-state index in [0.29, 0.717) is 24.7 Å². The van der Waals surface area contributed by atoms with Crippen LogP contribution in [0.1, 0.15) is 0 Å². The molecule has 0 atom stereocenters. The van der Waals surface area contributed by atoms with Crippen LogP contribution >= 0.6 is 10.8 Å². The zero-order chi connectivity index (χ0) is 6.97. The summed E-state index contributed by atoms with van der Waals surface area (Å²) in [6, 6.07) is 0. The molecule has 4 heteroatoms. The summed E-state index contributed by atoms with van der Waals surface area (Å²) >= 11 is 0. The summed E-state index contributed by atoms with van der Waals surface area (Å²) in [5, 5.41) is 3.10. The number of fused-ring (bicyclic) bond motifs is 1. The van der Waals surface area contributed by atoms with Crippen molar-refractivity contribution in [2.24, 2.45) is 0 Å². The standard InChI is InChI=1S/C6H6O3S/c7-10-3-5-6(4-10)9-2-1-8-5/h3-4H,1-2H2. The summed E-state index contributed by atoms with van der Waals surface area (Å²) in [7, 11) is -1.02. The van der Waals surface area contributed by atoms with Gasteiger partial charge < -0.3 is 14.0 Å². The van der Waals surface area contributed by atoms with E-state index < -0.39 is 10.8 Å². The lowest BCUT2D eigenvalue weighted by molar-refractivity contribution is 0.173. The van der Waals surface area contributed by atoms with E-state index in [4.69, 9.17) is 9.47 Å². The molecule has 2 heterocycles. The van der Waals surface area contributed by atoms with Crippen LogP contribution in [0.15, 0.2) is 10.8 Å². The highest BCUT2D eigenvalue weighted by atomic mass is 32.2. The SMILES string of the molecule is [O-][s+]1cc2c(c1)OCCO2. The summed E-state index contributed by atoms with van der Waals surface area (Å²) in [5.41, 5.74) is 0. The van der Waals surface area contributed by atoms with Gasteiger partial charge in [-0.25, -0.2) is 0 Å². The molecule has 0 aromatic carbocycles. The first-order chi connectivity index (χ1) is 4.86. The molecule has 0 bridgehead atoms. The van der Waals surface area contributed by atoms with E-state index in [9.17, 15) is 4.55 Å². The van der Waals surface area contributed by atoms with Crippen LogP contribution in [0.3, 0.4) is 0 Å². The van der Waals surface area contributed by atoms with Crippen LogP contribution < -0.4 is 9.47 Å². The Morgan fingerprint density at radius 1 is 1.20 bits per heavy atom. The van der Waals surface area contributed by atoms with Crippen LogP contribution in [0.4, 0.5) is 0 Å². The highest BCUT2D eigenvalue weighted by Gasteiger charge is 2.17. The van der Waals surface area contributed by atoms with Crippen LogP contribution in [-0.4, -0.2) is 17.8 Å². The Morgan fingerprint density at radius 2 is 1.70 bits per heavy atom. The molecule has 0 N–H and O–H groups in total. The minimum atomic E-state index is -1.02. The van der Waals surface area contributed by atoms with Crippen LogP contribution in [0.25, 0.3) is 0 Å². The van der Waals surface area contributed by atoms with Gasteiger partial charge in [0.15, 0.2) is 10.8 Å². The summed E-state index contributed by atoms with van der Waals surface area (Å²) in [6.07, 6.45) is 0. The fourth-order valence-electron chi connectivity index (χ4n) is 0.875. The molecule has 1 aliphatic heterocycles. The van der Waals surface area contributed by atoms with E-state index in [1.54, 1.807) is 10.8 Å². The molecule has 3 nitrogen and oxygen atoms in total. The molecule has 0 spiro atoms. The van der Waals surface area contributed by atoms with Crippen molar-refractivity contribution in [1.29, 1.82) is 0 Å². The second-order valence-electron chi connectivity index (χ2n) is 1.99. The van der Waals surface area contributed by atoms with Crippen LogP contribution in [-0.2, 0) is 0 Å². The lowest BCUT2D eigenvalue weighted by atomic mass is 10.5. The van der Waals surface area contributed by atoms with Gasteiger partial charge in [-0.15, -0.1) is 0 Å². The van der Waals surface area contributed by atoms with E-state index in [1.807, 2.05) is 0 Å². The number of hydrogen-bond donors (Lipinski definition) is 0. The highest BCUT2D eigenvalue weighted by molar-refractivity contribution is 7.22. The lowest BCUT2D eigenvalue weighted by Gasteiger charge is -2.11. The predicted octanol–water partition coefficient (Wildman–Crippen LogP) is 1.19. The van der Waals surface area contributed by atoms with Gasteiger partial charge in [-0.3, -0.25) is 0 Å². The number of rotatable bonds is 0. The Labute approximate surface area is 61.0 Å². The second-order valence-corrected chi connectivity index (χ2v) is 3.12. The third-order valence-electron chi connectivity index (χ3n) is 1.29. The molecule has 10 heavy (non-hydrogen) atoms. The molecule has 2 rings (SSSR count). The summed E-state index contributed by atoms with van der Waals surface area (Å²) in [6.45, 7) is 1.11. The third kappa shape index (κ3) is 0.853. The van der Waals surface area contributed by atoms with E-state index >= 15 is 0 Å². The smallest absolute Gasteiger partial charge is 0.219 e. The zero-order valence-electron chi connectivity index (χ0n) is 5.20. The highest BCUT2D eigenvalue weighted by Crippen LogP contribution is 2.37. The van der Waals surface area contributed by atoms with Crippen molar-refractivity contribution in [3.8, 4) is 11.5 Å². The molecular formula is C6H6O3S. The Hall–Kier alpha value is -0.740. The lowest BCUT2D eigenvalue weighted by Crippen LogP contribution is -2.13. The van der Waals surface area contributed by atoms with Crippen LogP contribution in [0, 0.1) is 0 Å². The van der Waals surface area contributed by atoms with Crippen molar-refractivity contribution in [3.05, 3.63) is 10.8 Å². The fraction of sp³-hybridized carbons (Fsp3) is 0.333. The number of thiophene rings is 1. The first kappa shape index (κ1) is 6.00. The average molecular weight is 158 g/mol. The van der Waals surface area contributed by atoms with Gasteiger partial charge in [-0.1, -0.05) is 0 Å². The summed E-state index contributed by atoms with van der Waals surface area (Å²) < 4.78 is 21.1. The molecule has 1 aromatic heterocycles. The maximum atomic E-state index is 10.8. The Morgan fingerprint density at radius 3 is 2.20 bits per heavy atom. The van der Waals surface area contributed by atoms with E-state index in [-0.39, 0.29) is 0 Å². The fourth-order valence-corrected chi connectivity index (χ4v) is 1.73. The van der Waals surface area contributed by atoms with Gasteiger partial charge in [0.05, 0.1) is 0 Å². The van der Waals surface area contributed by atoms with Gasteiger partial charge in [0.2, 0.25) is 11.5 Å². The van der Waals surface area contributed by atoms with Crippen molar-refractivity contribution in [1.82, 2.24) is 0 Å². The molecule has 0 amide bonds. The Balaban J connectivity index is 2.41. The van der Waals surface area contributed by atoms with E-state index in [2.05, 4.69) is 0 Å². The maximum absolute atomic E-state index is 10.8. The molecule has 1 aromatic rings. The Bertz CT molecular complexity index is 220. The average Bonchev–Trinajstić information content (AvgIpc) is 2.27. The minimum absolute atomic E-state index is 0.556. The van der Waals surface area contributed by atoms with Gasteiger partial charge in [0.25, 0.3) is 0 Å². The molecule has 0 saturated carbocycles. The largest absolute Gasteiger partial charge is 0.590 e. The topological polar surface area (TPSA) is 41.5 Å². The van der Waals surface area contributed by atoms with E-state index in [0.717, 1.165) is 0 Å². The van der Waals surface area contributed by atoms with Gasteiger partial charge in [0, 0.05) is 0 Å². The number of hydrogen-bond acceptors (Lipinski definition) is 3. The molecule has 0 unspecified atom stereocenters. The van der Waals surface area contributed by atoms with Crippen LogP contribution in [0.2, 0.25) is 0 Å². The third-order valence-corrected chi connectivity index (χ3v) is 2.18. The molecule has 0 saturated heterocycles. The summed E-state index contributed by atoms with van der Waals surface area (Å²) in [5.74, 6) is 1.26. The predicted molar refractivity (Wildman–Crippen MR) is 36.1 cm³/mol. The first-order valence-corrected chi connectivity index (χ1v) is 4.23. The van der Waals surface area contributed by atoms with Crippen molar-refractivity contribution >= 4 is 10.8 Å². The van der Waals surface area contributed by atoms with Gasteiger partial charge >= 0.3 is 0 Å². The van der Waals surface area contributed by atoms with Crippen molar-refractivity contribution in [2.75, 3.05) is 13.2 Å². The van der Waals surface area contributed by atoms with E-state index in [1.165, 1.54) is 0 Å². The van der Waals surface area contributed by atoms with Gasteiger partial charge in [-0.2, -0.15) is 0 Å². The quantitative estimate of drug-likeness (QED) is 0.532. The number of ether oxygens (including phenoxy) is 2. The molecule has 1 aliphatic rings. The first-order valence-electron chi connectivity index (χ1n) is 2.95. The van der Waals surface area contributed by atoms with Gasteiger partial charge in [0.1, 0.15) is 13.2 Å². The minimum Gasteiger partial charge on any atom is -0.590 e. The van der Waals surface area contributed by atoms with Crippen LogP contribution in [0.5, 0.6) is 11.5 Å². The molecule has 0 radical (unpaired) electrons.